The zero-order valence-corrected chi connectivity index (χ0v) is 42.8. The minimum Gasteiger partial charge on any atom is -0.508 e. The second-order valence-corrected chi connectivity index (χ2v) is 16.7. The number of urea groups is 1. The van der Waals surface area contributed by atoms with Crippen molar-refractivity contribution in [2.45, 2.75) is 25.3 Å². The van der Waals surface area contributed by atoms with E-state index >= 15 is 0 Å². The maximum absolute atomic E-state index is 12.1. The fourth-order valence-electron chi connectivity index (χ4n) is 6.27. The molecule has 0 aliphatic heterocycles. The van der Waals surface area contributed by atoms with Crippen molar-refractivity contribution in [2.75, 3.05) is 86.7 Å². The van der Waals surface area contributed by atoms with E-state index in [1.165, 1.54) is 7.11 Å². The molecular weight excluding hydrogens is 1000 g/mol. The molecule has 5 rings (SSSR count). The molecule has 0 aliphatic rings. The Balaban J connectivity index is 0.000000295. The summed E-state index contributed by atoms with van der Waals surface area (Å²) in [6, 6.07) is 34.0. The van der Waals surface area contributed by atoms with Crippen LogP contribution in [0.3, 0.4) is 0 Å². The fourth-order valence-corrected chi connectivity index (χ4v) is 7.32. The Hall–Kier alpha value is -6.04. The largest absolute Gasteiger partial charge is 0.508 e. The zero-order chi connectivity index (χ0) is 51.1. The average molecular weight is 1060 g/mol. The van der Waals surface area contributed by atoms with Crippen molar-refractivity contribution in [1.82, 2.24) is 21.3 Å². The van der Waals surface area contributed by atoms with E-state index in [1.807, 2.05) is 48.5 Å². The number of nitrogens with zero attached hydrogens (tertiary/aromatic N) is 2. The van der Waals surface area contributed by atoms with E-state index in [4.69, 9.17) is 77.9 Å². The number of hydrogen-bond acceptors (Lipinski definition) is 12. The molecule has 0 saturated heterocycles. The van der Waals surface area contributed by atoms with Crippen LogP contribution >= 0.6 is 58.6 Å². The van der Waals surface area contributed by atoms with E-state index < -0.39 is 18.1 Å². The first-order valence-electron chi connectivity index (χ1n) is 22.1. The average Bonchev–Trinajstić information content (AvgIpc) is 3.36. The van der Waals surface area contributed by atoms with E-state index in [0.717, 1.165) is 34.5 Å². The van der Waals surface area contributed by atoms with Gasteiger partial charge in [0.15, 0.2) is 0 Å². The molecule has 5 aromatic rings. The molecule has 20 heteroatoms. The van der Waals surface area contributed by atoms with Crippen LogP contribution in [0.5, 0.6) is 28.7 Å². The van der Waals surface area contributed by atoms with Gasteiger partial charge in [0.2, 0.25) is 0 Å². The van der Waals surface area contributed by atoms with E-state index in [1.54, 1.807) is 79.8 Å². The fraction of sp³-hybridized carbons (Fsp3) is 0.320. The van der Waals surface area contributed by atoms with E-state index in [0.29, 0.717) is 87.1 Å². The smallest absolute Gasteiger partial charge is 0.412 e. The second kappa shape index (κ2) is 33.5. The number of methoxy groups -OCH3 is 1. The number of phenols is 3. The van der Waals surface area contributed by atoms with Crippen molar-refractivity contribution in [1.29, 1.82) is 0 Å². The Morgan fingerprint density at radius 3 is 1.34 bits per heavy atom. The number of halogens is 4. The second-order valence-electron chi connectivity index (χ2n) is 14.9. The van der Waals surface area contributed by atoms with Crippen molar-refractivity contribution in [3.05, 3.63) is 138 Å². The third-order valence-corrected chi connectivity index (χ3v) is 10.8. The SMILES string of the molecule is CNC(=O)NCCc1ccc(O)cc1.COC(=O)[C@H](Cc1ccc(O)cc1)NC(=S)Oc1ccc(N(CCCl)CCCl)cc1.O=C(NCCc1ccc(O)cc1)Oc1ccc(N(CCCl)CCCl)cc1. The number of benzene rings is 5. The topological polar surface area (TPSA) is 194 Å². The normalized spacial score (nSPS) is 10.7. The lowest BCUT2D eigenvalue weighted by molar-refractivity contribution is -0.142. The van der Waals surface area contributed by atoms with E-state index in [-0.39, 0.29) is 28.5 Å². The summed E-state index contributed by atoms with van der Waals surface area (Å²) in [4.78, 5) is 38.9. The van der Waals surface area contributed by atoms with Gasteiger partial charge in [-0.05, 0) is 127 Å². The standard InChI is InChI=1S/C21H24Cl2N2O4S.C19H22Cl2N2O3.C10H14N2O2/c1-28-20(27)19(14-15-2-6-17(26)7-3-15)24-21(30)29-18-8-4-16(5-9-18)25(12-10-22)13-11-23;20-10-13-23(14-11-21)16-3-7-18(8-4-16)26-19(25)22-12-9-15-1-5-17(24)6-2-15;1-11-10(14)12-7-6-8-2-4-9(13)5-3-8/h2-9,19,26H,10-14H2,1H3,(H,24,30);1-8,24H,9-14H2,(H,22,25);2-5,13H,6-7H2,1H3,(H2,11,12,14)/t19-;;/m0../s1. The molecule has 1 atom stereocenters. The van der Waals surface area contributed by atoms with Crippen LogP contribution in [0.1, 0.15) is 16.7 Å². The number of aromatic hydroxyl groups is 3. The van der Waals surface area contributed by atoms with Crippen molar-refractivity contribution in [3.8, 4) is 28.7 Å². The number of amides is 3. The van der Waals surface area contributed by atoms with Gasteiger partial charge >= 0.3 is 18.1 Å². The number of esters is 1. The first-order chi connectivity index (χ1) is 33.8. The summed E-state index contributed by atoms with van der Waals surface area (Å²) in [5.74, 6) is 3.18. The van der Waals surface area contributed by atoms with Gasteiger partial charge in [-0.15, -0.1) is 46.4 Å². The van der Waals surface area contributed by atoms with Gasteiger partial charge < -0.3 is 60.6 Å². The van der Waals surface area contributed by atoms with Gasteiger partial charge in [0.25, 0.3) is 5.17 Å². The number of alkyl halides is 4. The molecule has 0 heterocycles. The molecule has 5 aromatic carbocycles. The monoisotopic (exact) mass is 1060 g/mol. The van der Waals surface area contributed by atoms with Gasteiger partial charge in [0, 0.05) is 87.6 Å². The number of rotatable bonds is 22. The molecule has 70 heavy (non-hydrogen) atoms. The molecule has 3 amide bonds. The molecule has 0 fully saturated rings. The molecule has 0 radical (unpaired) electrons. The first kappa shape index (κ1) is 58.3. The van der Waals surface area contributed by atoms with Crippen LogP contribution in [-0.4, -0.2) is 122 Å². The summed E-state index contributed by atoms with van der Waals surface area (Å²) in [6.07, 6.45) is 1.23. The Bertz CT molecular complexity index is 2270. The highest BCUT2D eigenvalue weighted by Crippen LogP contribution is 2.22. The number of anilines is 2. The minimum absolute atomic E-state index is 0.0512. The van der Waals surface area contributed by atoms with Crippen LogP contribution in [-0.2, 0) is 28.8 Å². The van der Waals surface area contributed by atoms with Crippen LogP contribution in [0.15, 0.2) is 121 Å². The molecule has 0 unspecified atom stereocenters. The Kier molecular flexibility index (Phi) is 27.9. The third-order valence-electron chi connectivity index (χ3n) is 9.88. The van der Waals surface area contributed by atoms with Gasteiger partial charge in [-0.1, -0.05) is 36.4 Å². The summed E-state index contributed by atoms with van der Waals surface area (Å²) < 4.78 is 15.8. The summed E-state index contributed by atoms with van der Waals surface area (Å²) >= 11 is 28.6. The summed E-state index contributed by atoms with van der Waals surface area (Å²) in [6.45, 7) is 3.81. The maximum atomic E-state index is 12.1. The van der Waals surface area contributed by atoms with Gasteiger partial charge in [-0.25, -0.2) is 14.4 Å². The van der Waals surface area contributed by atoms with Gasteiger partial charge in [-0.3, -0.25) is 0 Å². The molecular formula is C50H60Cl4N6O9S. The van der Waals surface area contributed by atoms with Crippen molar-refractivity contribution in [2.24, 2.45) is 0 Å². The first-order valence-corrected chi connectivity index (χ1v) is 24.6. The van der Waals surface area contributed by atoms with Crippen LogP contribution in [0.25, 0.3) is 0 Å². The number of thiocarbonyl (C=S) groups is 1. The van der Waals surface area contributed by atoms with Gasteiger partial charge in [0.05, 0.1) is 7.11 Å². The highest BCUT2D eigenvalue weighted by atomic mass is 35.5. The quantitative estimate of drug-likeness (QED) is 0.0198. The van der Waals surface area contributed by atoms with Crippen LogP contribution in [0.4, 0.5) is 21.0 Å². The number of nitrogens with one attached hydrogen (secondary N) is 4. The number of ether oxygens (including phenoxy) is 3. The predicted molar refractivity (Wildman–Crippen MR) is 284 cm³/mol. The lowest BCUT2D eigenvalue weighted by Gasteiger charge is -2.23. The third kappa shape index (κ3) is 23.0. The lowest BCUT2D eigenvalue weighted by Crippen LogP contribution is -2.44. The molecule has 0 aromatic heterocycles. The predicted octanol–water partition coefficient (Wildman–Crippen LogP) is 8.58. The number of phenolic OH excluding ortho intramolecular Hbond substituents is 3. The number of carbonyl (C=O) groups is 3. The van der Waals surface area contributed by atoms with Gasteiger partial charge in [0.1, 0.15) is 34.8 Å². The molecule has 0 spiro atoms. The highest BCUT2D eigenvalue weighted by molar-refractivity contribution is 7.80. The molecule has 378 valence electrons. The lowest BCUT2D eigenvalue weighted by atomic mass is 10.1. The molecule has 0 saturated carbocycles. The summed E-state index contributed by atoms with van der Waals surface area (Å²) in [5.41, 5.74) is 4.89. The summed E-state index contributed by atoms with van der Waals surface area (Å²) in [5, 5.41) is 38.5. The highest BCUT2D eigenvalue weighted by Gasteiger charge is 2.22. The molecule has 15 nitrogen and oxygen atoms in total. The Labute approximate surface area is 434 Å². The minimum atomic E-state index is -0.728. The van der Waals surface area contributed by atoms with Crippen LogP contribution < -0.4 is 40.5 Å². The summed E-state index contributed by atoms with van der Waals surface area (Å²) in [7, 11) is 2.89. The Morgan fingerprint density at radius 1 is 0.571 bits per heavy atom. The van der Waals surface area contributed by atoms with Crippen molar-refractivity contribution in [3.63, 3.8) is 0 Å². The van der Waals surface area contributed by atoms with Crippen LogP contribution in [0, 0.1) is 0 Å². The van der Waals surface area contributed by atoms with E-state index in [9.17, 15) is 24.6 Å². The maximum Gasteiger partial charge on any atom is 0.412 e. The van der Waals surface area contributed by atoms with Crippen molar-refractivity contribution < 1.29 is 43.9 Å². The van der Waals surface area contributed by atoms with Crippen LogP contribution in [0.2, 0.25) is 0 Å². The molecule has 7 N–H and O–H groups in total. The van der Waals surface area contributed by atoms with Gasteiger partial charge in [-0.2, -0.15) is 0 Å². The Morgan fingerprint density at radius 2 is 0.957 bits per heavy atom. The van der Waals surface area contributed by atoms with E-state index in [2.05, 4.69) is 31.1 Å². The number of hydrogen-bond donors (Lipinski definition) is 7. The van der Waals surface area contributed by atoms with Crippen molar-refractivity contribution >= 4 is 93.3 Å². The molecule has 0 aliphatic carbocycles. The number of carbonyl (C=O) groups excluding carboxylic acids is 3. The molecule has 0 bridgehead atoms. The zero-order valence-electron chi connectivity index (χ0n) is 38.9.